The van der Waals surface area contributed by atoms with Crippen LogP contribution in [0.5, 0.6) is 0 Å². The topological polar surface area (TPSA) is 15.3 Å². The summed E-state index contributed by atoms with van der Waals surface area (Å²) in [7, 11) is 4.40. The Morgan fingerprint density at radius 2 is 1.86 bits per heavy atom. The van der Waals surface area contributed by atoms with Crippen LogP contribution in [0, 0.1) is 11.8 Å². The number of nitrogens with one attached hydrogen (secondary N) is 1. The molecule has 1 aromatic carbocycles. The Morgan fingerprint density at radius 3 is 2.48 bits per heavy atom. The van der Waals surface area contributed by atoms with Gasteiger partial charge in [-0.05, 0) is 44.3 Å². The minimum atomic E-state index is 0.438. The third kappa shape index (κ3) is 4.31. The van der Waals surface area contributed by atoms with Crippen molar-refractivity contribution in [3.8, 4) is 0 Å². The molecule has 1 N–H and O–H groups in total. The van der Waals surface area contributed by atoms with E-state index in [1.165, 1.54) is 31.2 Å². The first-order chi connectivity index (χ1) is 10.1. The predicted molar refractivity (Wildman–Crippen MR) is 91.5 cm³/mol. The molecule has 0 saturated heterocycles. The molecule has 2 heteroatoms. The van der Waals surface area contributed by atoms with Gasteiger partial charge in [0, 0.05) is 18.6 Å². The minimum Gasteiger partial charge on any atom is -0.313 e. The van der Waals surface area contributed by atoms with Gasteiger partial charge in [-0.2, -0.15) is 0 Å². The van der Waals surface area contributed by atoms with Crippen molar-refractivity contribution in [3.05, 3.63) is 35.9 Å². The molecule has 0 aromatic heterocycles. The largest absolute Gasteiger partial charge is 0.313 e. The molecule has 0 radical (unpaired) electrons. The van der Waals surface area contributed by atoms with E-state index in [0.717, 1.165) is 18.5 Å². The lowest BCUT2D eigenvalue weighted by Crippen LogP contribution is -2.43. The van der Waals surface area contributed by atoms with E-state index >= 15 is 0 Å². The predicted octanol–water partition coefficient (Wildman–Crippen LogP) is 4.09. The normalized spacial score (nSPS) is 25.8. The van der Waals surface area contributed by atoms with Crippen LogP contribution in [0.15, 0.2) is 30.3 Å². The standard InChI is InChI=1S/C19H32N2/c1-15-10-8-9-13-18(15)21(4)14-16(2)19(20-3)17-11-6-5-7-12-17/h5-7,11-12,15-16,18-20H,8-10,13-14H2,1-4H3. The summed E-state index contributed by atoms with van der Waals surface area (Å²) in [6.07, 6.45) is 5.60. The van der Waals surface area contributed by atoms with Gasteiger partial charge in [-0.3, -0.25) is 0 Å². The Morgan fingerprint density at radius 1 is 1.19 bits per heavy atom. The molecule has 1 fully saturated rings. The molecular formula is C19H32N2. The Labute approximate surface area is 130 Å². The van der Waals surface area contributed by atoms with E-state index in [1.54, 1.807) is 0 Å². The highest BCUT2D eigenvalue weighted by Gasteiger charge is 2.27. The first-order valence-corrected chi connectivity index (χ1v) is 8.56. The second-order valence-corrected chi connectivity index (χ2v) is 6.92. The average molecular weight is 288 g/mol. The second kappa shape index (κ2) is 7.95. The molecule has 4 atom stereocenters. The van der Waals surface area contributed by atoms with Gasteiger partial charge in [0.15, 0.2) is 0 Å². The van der Waals surface area contributed by atoms with Crippen molar-refractivity contribution in [2.45, 2.75) is 51.6 Å². The fourth-order valence-corrected chi connectivity index (χ4v) is 4.09. The maximum Gasteiger partial charge on any atom is 0.0355 e. The van der Waals surface area contributed by atoms with Crippen molar-refractivity contribution >= 4 is 0 Å². The monoisotopic (exact) mass is 288 g/mol. The molecule has 2 nitrogen and oxygen atoms in total. The van der Waals surface area contributed by atoms with Gasteiger partial charge in [0.25, 0.3) is 0 Å². The summed E-state index contributed by atoms with van der Waals surface area (Å²) < 4.78 is 0. The molecule has 1 aromatic rings. The maximum atomic E-state index is 3.51. The summed E-state index contributed by atoms with van der Waals surface area (Å²) >= 11 is 0. The zero-order valence-corrected chi connectivity index (χ0v) is 14.2. The van der Waals surface area contributed by atoms with Gasteiger partial charge in [0.1, 0.15) is 0 Å². The van der Waals surface area contributed by atoms with Gasteiger partial charge in [-0.25, -0.2) is 0 Å². The van der Waals surface area contributed by atoms with Crippen molar-refractivity contribution in [1.29, 1.82) is 0 Å². The van der Waals surface area contributed by atoms with E-state index < -0.39 is 0 Å². The van der Waals surface area contributed by atoms with Crippen LogP contribution in [0.2, 0.25) is 0 Å². The fourth-order valence-electron chi connectivity index (χ4n) is 4.09. The fraction of sp³-hybridized carbons (Fsp3) is 0.684. The summed E-state index contributed by atoms with van der Waals surface area (Å²) in [5.74, 6) is 1.46. The molecule has 1 aliphatic rings. The summed E-state index contributed by atoms with van der Waals surface area (Å²) in [5.41, 5.74) is 1.40. The number of benzene rings is 1. The van der Waals surface area contributed by atoms with Crippen molar-refractivity contribution in [2.75, 3.05) is 20.6 Å². The lowest BCUT2D eigenvalue weighted by Gasteiger charge is -2.38. The molecule has 0 aliphatic heterocycles. The Bertz CT molecular complexity index is 403. The minimum absolute atomic E-state index is 0.438. The number of nitrogens with zero attached hydrogens (tertiary/aromatic N) is 1. The van der Waals surface area contributed by atoms with Crippen molar-refractivity contribution in [2.24, 2.45) is 11.8 Å². The van der Waals surface area contributed by atoms with Crippen LogP contribution >= 0.6 is 0 Å². The van der Waals surface area contributed by atoms with Crippen LogP contribution in [-0.4, -0.2) is 31.6 Å². The van der Waals surface area contributed by atoms with Crippen LogP contribution in [0.4, 0.5) is 0 Å². The number of hydrogen-bond donors (Lipinski definition) is 1. The summed E-state index contributed by atoms with van der Waals surface area (Å²) in [6, 6.07) is 12.1. The van der Waals surface area contributed by atoms with E-state index in [2.05, 4.69) is 68.5 Å². The molecular weight excluding hydrogens is 256 g/mol. The molecule has 1 aliphatic carbocycles. The van der Waals surface area contributed by atoms with E-state index in [0.29, 0.717) is 12.0 Å². The zero-order chi connectivity index (χ0) is 15.2. The highest BCUT2D eigenvalue weighted by Crippen LogP contribution is 2.29. The van der Waals surface area contributed by atoms with Crippen LogP contribution in [-0.2, 0) is 0 Å². The first-order valence-electron chi connectivity index (χ1n) is 8.56. The molecule has 1 saturated carbocycles. The van der Waals surface area contributed by atoms with Crippen molar-refractivity contribution in [3.63, 3.8) is 0 Å². The van der Waals surface area contributed by atoms with Crippen molar-refractivity contribution in [1.82, 2.24) is 10.2 Å². The van der Waals surface area contributed by atoms with Gasteiger partial charge < -0.3 is 10.2 Å². The third-order valence-corrected chi connectivity index (χ3v) is 5.25. The molecule has 0 amide bonds. The zero-order valence-electron chi connectivity index (χ0n) is 14.2. The summed E-state index contributed by atoms with van der Waals surface area (Å²) in [5, 5.41) is 3.51. The Balaban J connectivity index is 1.97. The highest BCUT2D eigenvalue weighted by atomic mass is 15.1. The van der Waals surface area contributed by atoms with Crippen LogP contribution in [0.25, 0.3) is 0 Å². The lowest BCUT2D eigenvalue weighted by atomic mass is 9.84. The van der Waals surface area contributed by atoms with E-state index in [-0.39, 0.29) is 0 Å². The van der Waals surface area contributed by atoms with Gasteiger partial charge in [0.05, 0.1) is 0 Å². The van der Waals surface area contributed by atoms with Crippen LogP contribution < -0.4 is 5.32 Å². The quantitative estimate of drug-likeness (QED) is 0.848. The van der Waals surface area contributed by atoms with Crippen LogP contribution in [0.3, 0.4) is 0 Å². The molecule has 0 bridgehead atoms. The summed E-state index contributed by atoms with van der Waals surface area (Å²) in [4.78, 5) is 2.61. The second-order valence-electron chi connectivity index (χ2n) is 6.92. The third-order valence-electron chi connectivity index (χ3n) is 5.25. The van der Waals surface area contributed by atoms with E-state index in [9.17, 15) is 0 Å². The smallest absolute Gasteiger partial charge is 0.0355 e. The number of hydrogen-bond acceptors (Lipinski definition) is 2. The first kappa shape index (κ1) is 16.5. The van der Waals surface area contributed by atoms with Crippen molar-refractivity contribution < 1.29 is 0 Å². The SMILES string of the molecule is CNC(c1ccccc1)C(C)CN(C)C1CCCCC1C. The molecule has 21 heavy (non-hydrogen) atoms. The molecule has 0 heterocycles. The van der Waals surface area contributed by atoms with Gasteiger partial charge in [-0.1, -0.05) is 57.0 Å². The lowest BCUT2D eigenvalue weighted by molar-refractivity contribution is 0.116. The van der Waals surface area contributed by atoms with Gasteiger partial charge in [0.2, 0.25) is 0 Å². The van der Waals surface area contributed by atoms with Gasteiger partial charge in [-0.15, -0.1) is 0 Å². The highest BCUT2D eigenvalue weighted by molar-refractivity contribution is 5.19. The average Bonchev–Trinajstić information content (AvgIpc) is 2.49. The maximum absolute atomic E-state index is 3.51. The van der Waals surface area contributed by atoms with Crippen LogP contribution in [0.1, 0.15) is 51.1 Å². The van der Waals surface area contributed by atoms with E-state index in [4.69, 9.17) is 0 Å². The van der Waals surface area contributed by atoms with Gasteiger partial charge >= 0.3 is 0 Å². The van der Waals surface area contributed by atoms with E-state index in [1.807, 2.05) is 0 Å². The molecule has 4 unspecified atom stereocenters. The number of rotatable bonds is 6. The molecule has 2 rings (SSSR count). The molecule has 118 valence electrons. The Hall–Kier alpha value is -0.860. The summed E-state index contributed by atoms with van der Waals surface area (Å²) in [6.45, 7) is 5.96. The molecule has 0 spiro atoms. The Kier molecular flexibility index (Phi) is 6.25.